The molecule has 3 heteroatoms. The molecule has 3 nitrogen and oxygen atoms in total. The third-order valence-corrected chi connectivity index (χ3v) is 3.08. The highest BCUT2D eigenvalue weighted by Crippen LogP contribution is 2.22. The van der Waals surface area contributed by atoms with Gasteiger partial charge in [-0.3, -0.25) is 4.98 Å². The number of benzene rings is 1. The second-order valence-corrected chi connectivity index (χ2v) is 5.33. The summed E-state index contributed by atoms with van der Waals surface area (Å²) in [4.78, 5) is 4.62. The highest BCUT2D eigenvalue weighted by Gasteiger charge is 2.05. The fourth-order valence-corrected chi connectivity index (χ4v) is 2.06. The van der Waals surface area contributed by atoms with Gasteiger partial charge < -0.3 is 10.5 Å². The zero-order valence-corrected chi connectivity index (χ0v) is 11.9. The summed E-state index contributed by atoms with van der Waals surface area (Å²) in [7, 11) is 0. The Kier molecular flexibility index (Phi) is 4.38. The van der Waals surface area contributed by atoms with Crippen molar-refractivity contribution in [1.29, 1.82) is 0 Å². The van der Waals surface area contributed by atoms with Crippen molar-refractivity contribution in [3.8, 4) is 5.75 Å². The lowest BCUT2D eigenvalue weighted by atomic mass is 10.1. The molecule has 102 valence electrons. The maximum atomic E-state index is 5.75. The van der Waals surface area contributed by atoms with E-state index >= 15 is 0 Å². The van der Waals surface area contributed by atoms with Crippen molar-refractivity contribution in [1.82, 2.24) is 4.98 Å². The zero-order chi connectivity index (χ0) is 13.8. The standard InChI is InChI=1S/C16H22N2O/c1-11(2)10-19-15-4-5-16-14(9-15)8-13(6-7-17)12(3)18-16/h4-5,8-9,11H,6-7,10,17H2,1-3H3. The van der Waals surface area contributed by atoms with Gasteiger partial charge in [-0.05, 0) is 55.6 Å². The molecule has 1 aromatic heterocycles. The lowest BCUT2D eigenvalue weighted by Crippen LogP contribution is -2.06. The van der Waals surface area contributed by atoms with E-state index in [-0.39, 0.29) is 0 Å². The summed E-state index contributed by atoms with van der Waals surface area (Å²) in [5.74, 6) is 1.44. The normalized spacial score (nSPS) is 11.2. The Bertz CT molecular complexity index is 564. The number of ether oxygens (including phenoxy) is 1. The molecule has 2 rings (SSSR count). The maximum absolute atomic E-state index is 5.75. The number of aromatic nitrogens is 1. The van der Waals surface area contributed by atoms with Crippen LogP contribution in [0.2, 0.25) is 0 Å². The molecule has 0 aliphatic carbocycles. The van der Waals surface area contributed by atoms with Gasteiger partial charge in [0.05, 0.1) is 12.1 Å². The Morgan fingerprint density at radius 3 is 2.74 bits per heavy atom. The van der Waals surface area contributed by atoms with E-state index in [1.165, 1.54) is 5.56 Å². The first kappa shape index (κ1) is 13.8. The van der Waals surface area contributed by atoms with Crippen molar-refractivity contribution < 1.29 is 4.74 Å². The van der Waals surface area contributed by atoms with Crippen LogP contribution in [0.15, 0.2) is 24.3 Å². The third kappa shape index (κ3) is 3.44. The maximum Gasteiger partial charge on any atom is 0.120 e. The number of hydrogen-bond donors (Lipinski definition) is 1. The summed E-state index contributed by atoms with van der Waals surface area (Å²) in [5.41, 5.74) is 8.92. The summed E-state index contributed by atoms with van der Waals surface area (Å²) in [6, 6.07) is 8.24. The number of pyridine rings is 1. The summed E-state index contributed by atoms with van der Waals surface area (Å²) in [5, 5.41) is 1.12. The topological polar surface area (TPSA) is 48.1 Å². The SMILES string of the molecule is Cc1nc2ccc(OCC(C)C)cc2cc1CCN. The first-order valence-corrected chi connectivity index (χ1v) is 6.83. The van der Waals surface area contributed by atoms with E-state index in [1.807, 2.05) is 19.1 Å². The molecule has 1 aromatic carbocycles. The molecule has 2 aromatic rings. The van der Waals surface area contributed by atoms with E-state index in [4.69, 9.17) is 10.5 Å². The van der Waals surface area contributed by atoms with Crippen molar-refractivity contribution in [3.05, 3.63) is 35.5 Å². The van der Waals surface area contributed by atoms with Crippen molar-refractivity contribution >= 4 is 10.9 Å². The molecule has 0 amide bonds. The van der Waals surface area contributed by atoms with E-state index in [1.54, 1.807) is 0 Å². The van der Waals surface area contributed by atoms with Crippen LogP contribution in [-0.2, 0) is 6.42 Å². The number of rotatable bonds is 5. The molecule has 0 aliphatic rings. The van der Waals surface area contributed by atoms with Gasteiger partial charge in [-0.25, -0.2) is 0 Å². The zero-order valence-electron chi connectivity index (χ0n) is 11.9. The molecule has 0 bridgehead atoms. The molecule has 0 spiro atoms. The van der Waals surface area contributed by atoms with Crippen LogP contribution in [-0.4, -0.2) is 18.1 Å². The van der Waals surface area contributed by atoms with Gasteiger partial charge in [-0.15, -0.1) is 0 Å². The van der Waals surface area contributed by atoms with Gasteiger partial charge in [0, 0.05) is 11.1 Å². The summed E-state index contributed by atoms with van der Waals surface area (Å²) >= 11 is 0. The lowest BCUT2D eigenvalue weighted by Gasteiger charge is -2.11. The molecule has 1 heterocycles. The predicted molar refractivity (Wildman–Crippen MR) is 79.6 cm³/mol. The van der Waals surface area contributed by atoms with Gasteiger partial charge in [-0.1, -0.05) is 13.8 Å². The van der Waals surface area contributed by atoms with Crippen molar-refractivity contribution in [3.63, 3.8) is 0 Å². The highest BCUT2D eigenvalue weighted by molar-refractivity contribution is 5.81. The molecule has 0 radical (unpaired) electrons. The number of nitrogens with two attached hydrogens (primary N) is 1. The number of hydrogen-bond acceptors (Lipinski definition) is 3. The van der Waals surface area contributed by atoms with Gasteiger partial charge in [0.2, 0.25) is 0 Å². The van der Waals surface area contributed by atoms with Crippen LogP contribution in [0.25, 0.3) is 10.9 Å². The van der Waals surface area contributed by atoms with Gasteiger partial charge in [-0.2, -0.15) is 0 Å². The minimum absolute atomic E-state index is 0.527. The number of nitrogens with zero attached hydrogens (tertiary/aromatic N) is 1. The molecule has 19 heavy (non-hydrogen) atoms. The van der Waals surface area contributed by atoms with Crippen LogP contribution in [0, 0.1) is 12.8 Å². The summed E-state index contributed by atoms with van der Waals surface area (Å²) < 4.78 is 5.75. The Morgan fingerprint density at radius 2 is 2.05 bits per heavy atom. The van der Waals surface area contributed by atoms with Crippen LogP contribution in [0.1, 0.15) is 25.1 Å². The van der Waals surface area contributed by atoms with Crippen molar-refractivity contribution in [2.45, 2.75) is 27.2 Å². The fraction of sp³-hybridized carbons (Fsp3) is 0.438. The quantitative estimate of drug-likeness (QED) is 0.896. The van der Waals surface area contributed by atoms with Gasteiger partial charge in [0.25, 0.3) is 0 Å². The minimum atomic E-state index is 0.527. The fourth-order valence-electron chi connectivity index (χ4n) is 2.06. The molecule has 0 saturated carbocycles. The largest absolute Gasteiger partial charge is 0.493 e. The average molecular weight is 258 g/mol. The smallest absolute Gasteiger partial charge is 0.120 e. The first-order chi connectivity index (χ1) is 9.10. The number of fused-ring (bicyclic) bond motifs is 1. The second-order valence-electron chi connectivity index (χ2n) is 5.33. The van der Waals surface area contributed by atoms with E-state index in [9.17, 15) is 0 Å². The van der Waals surface area contributed by atoms with Crippen LogP contribution >= 0.6 is 0 Å². The van der Waals surface area contributed by atoms with Crippen molar-refractivity contribution in [2.75, 3.05) is 13.2 Å². The molecule has 0 fully saturated rings. The molecule has 0 saturated heterocycles. The predicted octanol–water partition coefficient (Wildman–Crippen LogP) is 3.08. The second kappa shape index (κ2) is 6.02. The number of aryl methyl sites for hydroxylation is 1. The molecular formula is C16H22N2O. The molecule has 0 unspecified atom stereocenters. The Labute approximate surface area is 114 Å². The monoisotopic (exact) mass is 258 g/mol. The highest BCUT2D eigenvalue weighted by atomic mass is 16.5. The first-order valence-electron chi connectivity index (χ1n) is 6.83. The Hall–Kier alpha value is -1.61. The van der Waals surface area contributed by atoms with E-state index in [0.29, 0.717) is 12.5 Å². The van der Waals surface area contributed by atoms with Gasteiger partial charge in [0.1, 0.15) is 5.75 Å². The van der Waals surface area contributed by atoms with Gasteiger partial charge in [0.15, 0.2) is 0 Å². The lowest BCUT2D eigenvalue weighted by molar-refractivity contribution is 0.271. The third-order valence-electron chi connectivity index (χ3n) is 3.08. The van der Waals surface area contributed by atoms with Crippen LogP contribution in [0.5, 0.6) is 5.75 Å². The van der Waals surface area contributed by atoms with E-state index in [2.05, 4.69) is 31.0 Å². The Balaban J connectivity index is 2.32. The van der Waals surface area contributed by atoms with Crippen LogP contribution < -0.4 is 10.5 Å². The molecule has 0 aliphatic heterocycles. The summed E-state index contributed by atoms with van der Waals surface area (Å²) in [6.45, 7) is 7.71. The van der Waals surface area contributed by atoms with E-state index < -0.39 is 0 Å². The van der Waals surface area contributed by atoms with Crippen LogP contribution in [0.4, 0.5) is 0 Å². The molecule has 0 atom stereocenters. The molecular weight excluding hydrogens is 236 g/mol. The minimum Gasteiger partial charge on any atom is -0.493 e. The molecule has 2 N–H and O–H groups in total. The van der Waals surface area contributed by atoms with Crippen molar-refractivity contribution in [2.24, 2.45) is 11.7 Å². The average Bonchev–Trinajstić information content (AvgIpc) is 2.37. The summed E-state index contributed by atoms with van der Waals surface area (Å²) in [6.07, 6.45) is 0.867. The van der Waals surface area contributed by atoms with E-state index in [0.717, 1.165) is 35.4 Å². The Morgan fingerprint density at radius 1 is 1.26 bits per heavy atom. The van der Waals surface area contributed by atoms with Crippen LogP contribution in [0.3, 0.4) is 0 Å². The van der Waals surface area contributed by atoms with Gasteiger partial charge >= 0.3 is 0 Å².